The summed E-state index contributed by atoms with van der Waals surface area (Å²) in [5.74, 6) is -0.880. The molecule has 8 heteroatoms. The lowest BCUT2D eigenvalue weighted by molar-refractivity contribution is -0.141. The number of carbonyl (C=O) groups excluding carboxylic acids is 1. The predicted molar refractivity (Wildman–Crippen MR) is 49.6 cm³/mol. The number of rotatable bonds is 3. The fourth-order valence-electron chi connectivity index (χ4n) is 0.867. The quantitative estimate of drug-likeness (QED) is 0.828. The molecule has 0 aromatic carbocycles. The summed E-state index contributed by atoms with van der Waals surface area (Å²) in [6, 6.07) is 0.757. The second-order valence-corrected chi connectivity index (χ2v) is 3.03. The van der Waals surface area contributed by atoms with Crippen LogP contribution in [0, 0.1) is 0 Å². The number of amides is 1. The Balaban J connectivity index is 2.72. The summed E-state index contributed by atoms with van der Waals surface area (Å²) >= 11 is 5.19. The van der Waals surface area contributed by atoms with Gasteiger partial charge in [-0.15, -0.1) is 11.6 Å². The Morgan fingerprint density at radius 1 is 1.50 bits per heavy atom. The second-order valence-electron chi connectivity index (χ2n) is 2.77. The van der Waals surface area contributed by atoms with E-state index >= 15 is 0 Å². The molecule has 0 saturated carbocycles. The monoisotopic (exact) mass is 253 g/mol. The van der Waals surface area contributed by atoms with Crippen molar-refractivity contribution in [2.45, 2.75) is 12.7 Å². The van der Waals surface area contributed by atoms with E-state index in [9.17, 15) is 18.0 Å². The average molecular weight is 254 g/mol. The van der Waals surface area contributed by atoms with Gasteiger partial charge in [0.2, 0.25) is 5.91 Å². The van der Waals surface area contributed by atoms with Gasteiger partial charge in [0.05, 0.1) is 6.54 Å². The van der Waals surface area contributed by atoms with Crippen LogP contribution < -0.4 is 5.32 Å². The SMILES string of the molecule is O=C(CCl)NCc1nccc(C(F)(F)F)n1. The highest BCUT2D eigenvalue weighted by atomic mass is 35.5. The molecular weight excluding hydrogens is 247 g/mol. The zero-order valence-corrected chi connectivity index (χ0v) is 8.64. The van der Waals surface area contributed by atoms with Crippen molar-refractivity contribution in [3.8, 4) is 0 Å². The molecule has 1 aromatic heterocycles. The minimum atomic E-state index is -4.52. The first-order valence-electron chi connectivity index (χ1n) is 4.15. The number of halogens is 4. The number of alkyl halides is 4. The Bertz CT molecular complexity index is 383. The largest absolute Gasteiger partial charge is 0.433 e. The molecule has 0 unspecified atom stereocenters. The van der Waals surface area contributed by atoms with Crippen LogP contribution in [0.5, 0.6) is 0 Å². The third kappa shape index (κ3) is 3.65. The van der Waals surface area contributed by atoms with Crippen molar-refractivity contribution < 1.29 is 18.0 Å². The third-order valence-electron chi connectivity index (χ3n) is 1.56. The molecule has 0 bridgehead atoms. The van der Waals surface area contributed by atoms with E-state index in [-0.39, 0.29) is 18.2 Å². The highest BCUT2D eigenvalue weighted by Gasteiger charge is 2.32. The lowest BCUT2D eigenvalue weighted by atomic mass is 10.4. The standard InChI is InChI=1S/C8H7ClF3N3O/c9-3-7(16)14-4-6-13-2-1-5(15-6)8(10,11)12/h1-2H,3-4H2,(H,14,16). The van der Waals surface area contributed by atoms with E-state index in [1.165, 1.54) is 0 Å². The van der Waals surface area contributed by atoms with Crippen LogP contribution in [0.1, 0.15) is 11.5 Å². The minimum absolute atomic E-state index is 0.117. The molecule has 0 aliphatic heterocycles. The van der Waals surface area contributed by atoms with Crippen LogP contribution in [0.15, 0.2) is 12.3 Å². The summed E-state index contributed by atoms with van der Waals surface area (Å²) in [4.78, 5) is 17.6. The fourth-order valence-corrected chi connectivity index (χ4v) is 0.962. The molecule has 0 radical (unpaired) electrons. The first kappa shape index (κ1) is 12.7. The fraction of sp³-hybridized carbons (Fsp3) is 0.375. The zero-order chi connectivity index (χ0) is 12.2. The van der Waals surface area contributed by atoms with Crippen LogP contribution in [0.3, 0.4) is 0 Å². The molecule has 0 spiro atoms. The number of hydrogen-bond donors (Lipinski definition) is 1. The molecule has 1 aromatic rings. The van der Waals surface area contributed by atoms with E-state index in [1.54, 1.807) is 0 Å². The van der Waals surface area contributed by atoms with E-state index in [2.05, 4.69) is 15.3 Å². The second kappa shape index (κ2) is 5.11. The molecule has 0 aliphatic rings. The van der Waals surface area contributed by atoms with Crippen LogP contribution >= 0.6 is 11.6 Å². The van der Waals surface area contributed by atoms with Crippen LogP contribution in [-0.2, 0) is 17.5 Å². The van der Waals surface area contributed by atoms with Crippen LogP contribution in [-0.4, -0.2) is 21.8 Å². The maximum atomic E-state index is 12.2. The molecule has 88 valence electrons. The molecule has 0 aliphatic carbocycles. The Labute approximate surface area is 93.8 Å². The van der Waals surface area contributed by atoms with Crippen molar-refractivity contribution in [2.24, 2.45) is 0 Å². The zero-order valence-electron chi connectivity index (χ0n) is 7.88. The Hall–Kier alpha value is -1.37. The normalized spacial score (nSPS) is 11.2. The lowest BCUT2D eigenvalue weighted by Gasteiger charge is -2.07. The Kier molecular flexibility index (Phi) is 4.05. The first-order valence-corrected chi connectivity index (χ1v) is 4.68. The third-order valence-corrected chi connectivity index (χ3v) is 1.80. The highest BCUT2D eigenvalue weighted by Crippen LogP contribution is 2.26. The number of hydrogen-bond acceptors (Lipinski definition) is 3. The van der Waals surface area contributed by atoms with Gasteiger partial charge < -0.3 is 5.32 Å². The summed E-state index contributed by atoms with van der Waals surface area (Å²) in [6.07, 6.45) is -3.54. The topological polar surface area (TPSA) is 54.9 Å². The van der Waals surface area contributed by atoms with Gasteiger partial charge in [-0.25, -0.2) is 9.97 Å². The number of aromatic nitrogens is 2. The van der Waals surface area contributed by atoms with Gasteiger partial charge >= 0.3 is 6.18 Å². The molecule has 16 heavy (non-hydrogen) atoms. The summed E-state index contributed by atoms with van der Waals surface area (Å²) in [6.45, 7) is -0.185. The summed E-state index contributed by atoms with van der Waals surface area (Å²) in [5, 5.41) is 2.26. The molecular formula is C8H7ClF3N3O. The van der Waals surface area contributed by atoms with E-state index in [4.69, 9.17) is 11.6 Å². The predicted octanol–water partition coefficient (Wildman–Crippen LogP) is 1.35. The minimum Gasteiger partial charge on any atom is -0.348 e. The molecule has 0 atom stereocenters. The van der Waals surface area contributed by atoms with Crippen LogP contribution in [0.2, 0.25) is 0 Å². The van der Waals surface area contributed by atoms with Gasteiger partial charge in [-0.05, 0) is 6.07 Å². The van der Waals surface area contributed by atoms with Gasteiger partial charge in [-0.3, -0.25) is 4.79 Å². The van der Waals surface area contributed by atoms with Gasteiger partial charge in [0.25, 0.3) is 0 Å². The van der Waals surface area contributed by atoms with Gasteiger partial charge in [0.1, 0.15) is 17.4 Å². The number of nitrogens with zero attached hydrogens (tertiary/aromatic N) is 2. The maximum absolute atomic E-state index is 12.2. The molecule has 1 amide bonds. The lowest BCUT2D eigenvalue weighted by Crippen LogP contribution is -2.25. The first-order chi connectivity index (χ1) is 7.43. The number of carbonyl (C=O) groups is 1. The molecule has 0 fully saturated rings. The van der Waals surface area contributed by atoms with Gasteiger partial charge in [0, 0.05) is 6.20 Å². The Morgan fingerprint density at radius 2 is 2.19 bits per heavy atom. The molecule has 1 N–H and O–H groups in total. The van der Waals surface area contributed by atoms with Crippen molar-refractivity contribution in [3.63, 3.8) is 0 Å². The van der Waals surface area contributed by atoms with Gasteiger partial charge in [0.15, 0.2) is 0 Å². The Morgan fingerprint density at radius 3 is 2.75 bits per heavy atom. The average Bonchev–Trinajstić information content (AvgIpc) is 2.25. The summed E-state index contributed by atoms with van der Waals surface area (Å²) < 4.78 is 36.7. The van der Waals surface area contributed by atoms with Crippen LogP contribution in [0.25, 0.3) is 0 Å². The maximum Gasteiger partial charge on any atom is 0.433 e. The van der Waals surface area contributed by atoms with Crippen molar-refractivity contribution in [2.75, 3.05) is 5.88 Å². The van der Waals surface area contributed by atoms with Gasteiger partial charge in [-0.1, -0.05) is 0 Å². The van der Waals surface area contributed by atoms with E-state index < -0.39 is 17.8 Å². The summed E-state index contributed by atoms with van der Waals surface area (Å²) in [5.41, 5.74) is -1.04. The van der Waals surface area contributed by atoms with E-state index in [0.29, 0.717) is 0 Å². The molecule has 4 nitrogen and oxygen atoms in total. The molecule has 0 saturated heterocycles. The molecule has 1 heterocycles. The molecule has 1 rings (SSSR count). The smallest absolute Gasteiger partial charge is 0.348 e. The van der Waals surface area contributed by atoms with Crippen molar-refractivity contribution >= 4 is 17.5 Å². The van der Waals surface area contributed by atoms with Crippen LogP contribution in [0.4, 0.5) is 13.2 Å². The summed E-state index contributed by atoms with van der Waals surface area (Å²) in [7, 11) is 0. The van der Waals surface area contributed by atoms with E-state index in [1.807, 2.05) is 0 Å². The van der Waals surface area contributed by atoms with Gasteiger partial charge in [-0.2, -0.15) is 13.2 Å². The van der Waals surface area contributed by atoms with Crippen molar-refractivity contribution in [1.82, 2.24) is 15.3 Å². The van der Waals surface area contributed by atoms with E-state index in [0.717, 1.165) is 12.3 Å². The van der Waals surface area contributed by atoms with Crippen molar-refractivity contribution in [1.29, 1.82) is 0 Å². The number of nitrogens with one attached hydrogen (secondary N) is 1. The highest BCUT2D eigenvalue weighted by molar-refractivity contribution is 6.27. The van der Waals surface area contributed by atoms with Crippen molar-refractivity contribution in [3.05, 3.63) is 23.8 Å².